The molecule has 1 atom stereocenters. The first-order chi connectivity index (χ1) is 5.78. The molecular formula is C9H14ClNO. The van der Waals surface area contributed by atoms with Gasteiger partial charge in [-0.3, -0.25) is 0 Å². The average Bonchev–Trinajstić information content (AvgIpc) is 2.85. The van der Waals surface area contributed by atoms with E-state index in [2.05, 4.69) is 5.16 Å². The standard InChI is InChI=1S/C9H14ClNO/c10-8(11-12)7-3-1-2-4-9(7)5-6-9/h7,12H,1-6H2/b11-8+. The van der Waals surface area contributed by atoms with Crippen LogP contribution in [0.5, 0.6) is 0 Å². The Hall–Kier alpha value is -0.240. The van der Waals surface area contributed by atoms with Crippen LogP contribution in [0.25, 0.3) is 0 Å². The molecule has 1 N–H and O–H groups in total. The summed E-state index contributed by atoms with van der Waals surface area (Å²) in [4.78, 5) is 0. The molecule has 0 saturated heterocycles. The molecule has 0 aromatic rings. The van der Waals surface area contributed by atoms with Gasteiger partial charge in [-0.2, -0.15) is 0 Å². The van der Waals surface area contributed by atoms with Gasteiger partial charge in [-0.1, -0.05) is 29.6 Å². The zero-order valence-corrected chi connectivity index (χ0v) is 7.85. The van der Waals surface area contributed by atoms with Crippen molar-refractivity contribution in [3.8, 4) is 0 Å². The van der Waals surface area contributed by atoms with Crippen LogP contribution in [-0.2, 0) is 0 Å². The molecular weight excluding hydrogens is 174 g/mol. The molecule has 2 aliphatic carbocycles. The van der Waals surface area contributed by atoms with E-state index in [4.69, 9.17) is 16.8 Å². The van der Waals surface area contributed by atoms with Crippen LogP contribution in [-0.4, -0.2) is 10.4 Å². The molecule has 0 radical (unpaired) electrons. The summed E-state index contributed by atoms with van der Waals surface area (Å²) in [7, 11) is 0. The maximum Gasteiger partial charge on any atom is 0.148 e. The fourth-order valence-electron chi connectivity index (χ4n) is 2.51. The first kappa shape index (κ1) is 8.36. The quantitative estimate of drug-likeness (QED) is 0.382. The third-order valence-electron chi connectivity index (χ3n) is 3.43. The Balaban J connectivity index is 2.11. The van der Waals surface area contributed by atoms with Crippen molar-refractivity contribution < 1.29 is 5.21 Å². The first-order valence-corrected chi connectivity index (χ1v) is 5.04. The van der Waals surface area contributed by atoms with Crippen molar-refractivity contribution in [1.82, 2.24) is 0 Å². The predicted molar refractivity (Wildman–Crippen MR) is 48.7 cm³/mol. The molecule has 1 spiro atoms. The zero-order chi connectivity index (χ0) is 8.60. The summed E-state index contributed by atoms with van der Waals surface area (Å²) in [6, 6.07) is 0. The Morgan fingerprint density at radius 1 is 1.33 bits per heavy atom. The van der Waals surface area contributed by atoms with Gasteiger partial charge >= 0.3 is 0 Å². The van der Waals surface area contributed by atoms with Crippen molar-refractivity contribution in [3.63, 3.8) is 0 Å². The van der Waals surface area contributed by atoms with Gasteiger partial charge < -0.3 is 5.21 Å². The lowest BCUT2D eigenvalue weighted by Gasteiger charge is -2.29. The van der Waals surface area contributed by atoms with E-state index in [1.165, 1.54) is 32.1 Å². The molecule has 0 aromatic carbocycles. The van der Waals surface area contributed by atoms with Crippen LogP contribution in [0.2, 0.25) is 0 Å². The zero-order valence-electron chi connectivity index (χ0n) is 7.09. The fraction of sp³-hybridized carbons (Fsp3) is 0.889. The Kier molecular flexibility index (Phi) is 2.03. The highest BCUT2D eigenvalue weighted by Gasteiger charge is 2.51. The average molecular weight is 188 g/mol. The Bertz CT molecular complexity index is 211. The van der Waals surface area contributed by atoms with Crippen LogP contribution in [0.15, 0.2) is 5.16 Å². The topological polar surface area (TPSA) is 32.6 Å². The van der Waals surface area contributed by atoms with Crippen molar-refractivity contribution in [1.29, 1.82) is 0 Å². The SMILES string of the molecule is O/N=C(/Cl)C1CCCCC12CC2. The molecule has 12 heavy (non-hydrogen) atoms. The van der Waals surface area contributed by atoms with E-state index < -0.39 is 0 Å². The number of hydrogen-bond donors (Lipinski definition) is 1. The summed E-state index contributed by atoms with van der Waals surface area (Å²) in [5, 5.41) is 12.2. The number of oxime groups is 1. The molecule has 2 saturated carbocycles. The second kappa shape index (κ2) is 2.91. The number of hydrogen-bond acceptors (Lipinski definition) is 2. The molecule has 68 valence electrons. The second-order valence-corrected chi connectivity index (χ2v) is 4.47. The van der Waals surface area contributed by atoms with E-state index in [9.17, 15) is 0 Å². The fourth-order valence-corrected chi connectivity index (χ4v) is 2.85. The van der Waals surface area contributed by atoms with Gasteiger partial charge in [0.15, 0.2) is 0 Å². The smallest absolute Gasteiger partial charge is 0.148 e. The predicted octanol–water partition coefficient (Wildman–Crippen LogP) is 2.98. The highest BCUT2D eigenvalue weighted by atomic mass is 35.5. The van der Waals surface area contributed by atoms with Gasteiger partial charge in [-0.25, -0.2) is 0 Å². The molecule has 0 aromatic heterocycles. The Labute approximate surface area is 77.6 Å². The molecule has 2 nitrogen and oxygen atoms in total. The second-order valence-electron chi connectivity index (χ2n) is 4.08. The van der Waals surface area contributed by atoms with Gasteiger partial charge in [0, 0.05) is 5.92 Å². The highest BCUT2D eigenvalue weighted by Crippen LogP contribution is 2.60. The maximum atomic E-state index is 8.60. The van der Waals surface area contributed by atoms with Crippen LogP contribution >= 0.6 is 11.6 Å². The van der Waals surface area contributed by atoms with Crippen LogP contribution in [0.4, 0.5) is 0 Å². The van der Waals surface area contributed by atoms with Gasteiger partial charge in [-0.15, -0.1) is 0 Å². The van der Waals surface area contributed by atoms with E-state index >= 15 is 0 Å². The molecule has 0 bridgehead atoms. The van der Waals surface area contributed by atoms with E-state index in [0.29, 0.717) is 16.5 Å². The number of rotatable bonds is 1. The van der Waals surface area contributed by atoms with Gasteiger partial charge in [0.05, 0.1) is 0 Å². The summed E-state index contributed by atoms with van der Waals surface area (Å²) in [5.74, 6) is 0.359. The molecule has 2 aliphatic rings. The molecule has 2 rings (SSSR count). The highest BCUT2D eigenvalue weighted by molar-refractivity contribution is 6.65. The van der Waals surface area contributed by atoms with Crippen molar-refractivity contribution >= 4 is 16.8 Å². The summed E-state index contributed by atoms with van der Waals surface area (Å²) >= 11 is 5.87. The minimum atomic E-state index is 0.359. The largest absolute Gasteiger partial charge is 0.410 e. The van der Waals surface area contributed by atoms with Crippen LogP contribution in [0, 0.1) is 11.3 Å². The third-order valence-corrected chi connectivity index (χ3v) is 3.77. The first-order valence-electron chi connectivity index (χ1n) is 4.66. The molecule has 0 amide bonds. The van der Waals surface area contributed by atoms with Crippen LogP contribution in [0.1, 0.15) is 38.5 Å². The number of halogens is 1. The molecule has 3 heteroatoms. The Morgan fingerprint density at radius 2 is 2.08 bits per heavy atom. The normalized spacial score (nSPS) is 33.8. The molecule has 0 aliphatic heterocycles. The lowest BCUT2D eigenvalue weighted by Crippen LogP contribution is -2.25. The van der Waals surface area contributed by atoms with E-state index in [-0.39, 0.29) is 0 Å². The van der Waals surface area contributed by atoms with Crippen molar-refractivity contribution in [2.24, 2.45) is 16.5 Å². The van der Waals surface area contributed by atoms with E-state index in [1.54, 1.807) is 0 Å². The van der Waals surface area contributed by atoms with E-state index in [1.807, 2.05) is 0 Å². The lowest BCUT2D eigenvalue weighted by molar-refractivity contribution is 0.264. The number of nitrogens with zero attached hydrogens (tertiary/aromatic N) is 1. The van der Waals surface area contributed by atoms with Gasteiger partial charge in [0.2, 0.25) is 0 Å². The Morgan fingerprint density at radius 3 is 2.67 bits per heavy atom. The van der Waals surface area contributed by atoms with Gasteiger partial charge in [0.25, 0.3) is 0 Å². The third kappa shape index (κ3) is 1.22. The summed E-state index contributed by atoms with van der Waals surface area (Å²) in [5.41, 5.74) is 0.446. The van der Waals surface area contributed by atoms with Crippen molar-refractivity contribution in [2.75, 3.05) is 0 Å². The maximum absolute atomic E-state index is 8.60. The van der Waals surface area contributed by atoms with Gasteiger partial charge in [-0.05, 0) is 31.1 Å². The van der Waals surface area contributed by atoms with E-state index in [0.717, 1.165) is 6.42 Å². The molecule has 0 heterocycles. The lowest BCUT2D eigenvalue weighted by atomic mass is 9.77. The molecule has 1 unspecified atom stereocenters. The van der Waals surface area contributed by atoms with Crippen molar-refractivity contribution in [2.45, 2.75) is 38.5 Å². The summed E-state index contributed by atoms with van der Waals surface area (Å²) in [6.07, 6.45) is 7.52. The summed E-state index contributed by atoms with van der Waals surface area (Å²) in [6.45, 7) is 0. The minimum absolute atomic E-state index is 0.359. The minimum Gasteiger partial charge on any atom is -0.410 e. The van der Waals surface area contributed by atoms with Crippen LogP contribution < -0.4 is 0 Å². The monoisotopic (exact) mass is 187 g/mol. The van der Waals surface area contributed by atoms with Crippen molar-refractivity contribution in [3.05, 3.63) is 0 Å². The van der Waals surface area contributed by atoms with Gasteiger partial charge in [0.1, 0.15) is 5.17 Å². The summed E-state index contributed by atoms with van der Waals surface area (Å²) < 4.78 is 0. The van der Waals surface area contributed by atoms with Crippen LogP contribution in [0.3, 0.4) is 0 Å². The molecule has 2 fully saturated rings.